The van der Waals surface area contributed by atoms with Crippen molar-refractivity contribution in [1.82, 2.24) is 14.9 Å². The van der Waals surface area contributed by atoms with Crippen molar-refractivity contribution in [1.29, 1.82) is 0 Å². The maximum atomic E-state index is 12.4. The lowest BCUT2D eigenvalue weighted by molar-refractivity contribution is 0.174. The molecule has 1 unspecified atom stereocenters. The number of rotatable bonds is 7. The van der Waals surface area contributed by atoms with E-state index in [1.54, 1.807) is 11.8 Å². The van der Waals surface area contributed by atoms with Gasteiger partial charge >= 0.3 is 0 Å². The first kappa shape index (κ1) is 18.8. The molecule has 1 atom stereocenters. The van der Waals surface area contributed by atoms with E-state index in [1.165, 1.54) is 0 Å². The van der Waals surface area contributed by atoms with Gasteiger partial charge in [0, 0.05) is 12.0 Å². The Kier molecular flexibility index (Phi) is 5.88. The van der Waals surface area contributed by atoms with Crippen LogP contribution in [0.4, 0.5) is 0 Å². The van der Waals surface area contributed by atoms with Crippen molar-refractivity contribution in [3.63, 3.8) is 0 Å². The first-order valence-corrected chi connectivity index (χ1v) is 9.78. The minimum atomic E-state index is -0.0787. The Morgan fingerprint density at radius 2 is 2.00 bits per heavy atom. The zero-order chi connectivity index (χ0) is 18.7. The van der Waals surface area contributed by atoms with Crippen LogP contribution in [0.25, 0.3) is 0 Å². The first-order valence-electron chi connectivity index (χ1n) is 8.90. The molecule has 1 aliphatic rings. The van der Waals surface area contributed by atoms with Gasteiger partial charge in [0.25, 0.3) is 5.56 Å². The van der Waals surface area contributed by atoms with Gasteiger partial charge in [-0.05, 0) is 44.6 Å². The van der Waals surface area contributed by atoms with Gasteiger partial charge in [-0.2, -0.15) is 0 Å². The molecule has 0 spiro atoms. The van der Waals surface area contributed by atoms with Crippen LogP contribution >= 0.6 is 11.8 Å². The Morgan fingerprint density at radius 3 is 2.73 bits per heavy atom. The molecule has 0 bridgehead atoms. The van der Waals surface area contributed by atoms with E-state index in [0.29, 0.717) is 17.1 Å². The molecule has 0 amide bonds. The van der Waals surface area contributed by atoms with E-state index in [0.717, 1.165) is 35.8 Å². The summed E-state index contributed by atoms with van der Waals surface area (Å²) in [5.74, 6) is 1.50. The summed E-state index contributed by atoms with van der Waals surface area (Å²) in [5, 5.41) is 0.907. The van der Waals surface area contributed by atoms with Gasteiger partial charge in [-0.15, -0.1) is 0 Å². The van der Waals surface area contributed by atoms with E-state index < -0.39 is 0 Å². The van der Waals surface area contributed by atoms with Crippen molar-refractivity contribution < 1.29 is 9.47 Å². The van der Waals surface area contributed by atoms with Crippen molar-refractivity contribution in [3.8, 4) is 11.5 Å². The number of H-pyrrole nitrogens is 1. The van der Waals surface area contributed by atoms with Crippen LogP contribution in [0.15, 0.2) is 28.2 Å². The topological polar surface area (TPSA) is 67.5 Å². The molecule has 6 nitrogen and oxygen atoms in total. The minimum Gasteiger partial charge on any atom is -0.454 e. The molecule has 2 aromatic rings. The Hall–Kier alpha value is -1.99. The zero-order valence-corrected chi connectivity index (χ0v) is 16.5. The molecule has 0 radical (unpaired) electrons. The van der Waals surface area contributed by atoms with Crippen molar-refractivity contribution in [3.05, 3.63) is 45.4 Å². The highest BCUT2D eigenvalue weighted by Crippen LogP contribution is 2.33. The van der Waals surface area contributed by atoms with E-state index in [2.05, 4.69) is 30.7 Å². The van der Waals surface area contributed by atoms with Crippen LogP contribution < -0.4 is 15.0 Å². The smallest absolute Gasteiger partial charge is 0.254 e. The highest BCUT2D eigenvalue weighted by Gasteiger charge is 2.17. The summed E-state index contributed by atoms with van der Waals surface area (Å²) in [5.41, 5.74) is 2.41. The van der Waals surface area contributed by atoms with E-state index in [9.17, 15) is 4.79 Å². The van der Waals surface area contributed by atoms with Crippen LogP contribution in [-0.4, -0.2) is 40.1 Å². The predicted molar refractivity (Wildman–Crippen MR) is 103 cm³/mol. The second-order valence-electron chi connectivity index (χ2n) is 6.25. The molecule has 0 fully saturated rings. The lowest BCUT2D eigenvalue weighted by Crippen LogP contribution is -2.30. The Labute approximate surface area is 157 Å². The fourth-order valence-electron chi connectivity index (χ4n) is 3.00. The zero-order valence-electron chi connectivity index (χ0n) is 15.7. The van der Waals surface area contributed by atoms with E-state index in [4.69, 9.17) is 14.5 Å². The fourth-order valence-corrected chi connectivity index (χ4v) is 4.09. The summed E-state index contributed by atoms with van der Waals surface area (Å²) < 4.78 is 10.8. The number of nitrogens with one attached hydrogen (secondary N) is 1. The van der Waals surface area contributed by atoms with Gasteiger partial charge in [0.05, 0.1) is 11.1 Å². The summed E-state index contributed by atoms with van der Waals surface area (Å²) in [6.07, 6.45) is 0.583. The van der Waals surface area contributed by atoms with Crippen LogP contribution in [0.5, 0.6) is 11.5 Å². The fraction of sp³-hybridized carbons (Fsp3) is 0.474. The van der Waals surface area contributed by atoms with Crippen molar-refractivity contribution >= 4 is 11.8 Å². The largest absolute Gasteiger partial charge is 0.454 e. The van der Waals surface area contributed by atoms with Crippen LogP contribution in [-0.2, 0) is 6.42 Å². The van der Waals surface area contributed by atoms with Gasteiger partial charge in [-0.1, -0.05) is 31.7 Å². The molecule has 7 heteroatoms. The van der Waals surface area contributed by atoms with E-state index >= 15 is 0 Å². The predicted octanol–water partition coefficient (Wildman–Crippen LogP) is 3.18. The Balaban J connectivity index is 1.83. The number of nitrogens with zero attached hydrogens (tertiary/aromatic N) is 2. The highest BCUT2D eigenvalue weighted by molar-refractivity contribution is 7.99. The molecule has 1 aliphatic heterocycles. The van der Waals surface area contributed by atoms with Crippen molar-refractivity contribution in [2.75, 3.05) is 19.9 Å². The maximum absolute atomic E-state index is 12.4. The van der Waals surface area contributed by atoms with Crippen LogP contribution in [0.3, 0.4) is 0 Å². The summed E-state index contributed by atoms with van der Waals surface area (Å²) in [6, 6.07) is 5.84. The molecule has 140 valence electrons. The van der Waals surface area contributed by atoms with Gasteiger partial charge in [0.1, 0.15) is 0 Å². The second-order valence-corrected chi connectivity index (χ2v) is 7.55. The van der Waals surface area contributed by atoms with Gasteiger partial charge in [0.2, 0.25) is 6.79 Å². The van der Waals surface area contributed by atoms with Gasteiger partial charge in [-0.3, -0.25) is 9.69 Å². The summed E-state index contributed by atoms with van der Waals surface area (Å²) in [7, 11) is 0. The molecular formula is C19H25N3O3S. The molecule has 26 heavy (non-hydrogen) atoms. The number of fused-ring (bicyclic) bond motifs is 1. The maximum Gasteiger partial charge on any atom is 0.254 e. The van der Waals surface area contributed by atoms with Crippen LogP contribution in [0.1, 0.15) is 37.6 Å². The quantitative estimate of drug-likeness (QED) is 0.455. The standard InChI is InChI=1S/C19H25N3O3S/c1-5-22(6-2)13(4)26-19-20-15(12(3)18(23)21-19)9-14-7-8-16-17(10-14)25-11-24-16/h7-8,10,13H,5-6,9,11H2,1-4H3,(H,20,21,23). The summed E-state index contributed by atoms with van der Waals surface area (Å²) >= 11 is 1.58. The normalized spacial score (nSPS) is 14.0. The summed E-state index contributed by atoms with van der Waals surface area (Å²) in [6.45, 7) is 10.4. The second kappa shape index (κ2) is 8.14. The SMILES string of the molecule is CCN(CC)C(C)Sc1nc(Cc2ccc3c(c2)OCO3)c(C)c(=O)[nH]1. The van der Waals surface area contributed by atoms with E-state index in [1.807, 2.05) is 25.1 Å². The van der Waals surface area contributed by atoms with Gasteiger partial charge in [-0.25, -0.2) is 4.98 Å². The molecule has 0 saturated carbocycles. The minimum absolute atomic E-state index is 0.0787. The Morgan fingerprint density at radius 1 is 1.27 bits per heavy atom. The summed E-state index contributed by atoms with van der Waals surface area (Å²) in [4.78, 5) is 22.3. The van der Waals surface area contributed by atoms with Crippen molar-refractivity contribution in [2.24, 2.45) is 0 Å². The van der Waals surface area contributed by atoms with Crippen LogP contribution in [0, 0.1) is 6.92 Å². The number of thioether (sulfide) groups is 1. The number of ether oxygens (including phenoxy) is 2. The number of aromatic nitrogens is 2. The lowest BCUT2D eigenvalue weighted by atomic mass is 10.1. The average molecular weight is 375 g/mol. The van der Waals surface area contributed by atoms with E-state index in [-0.39, 0.29) is 17.7 Å². The number of aromatic amines is 1. The number of benzene rings is 1. The number of hydrogen-bond acceptors (Lipinski definition) is 6. The Bertz CT molecular complexity index is 833. The monoisotopic (exact) mass is 375 g/mol. The molecule has 3 rings (SSSR count). The molecule has 1 N–H and O–H groups in total. The molecular weight excluding hydrogens is 350 g/mol. The molecule has 1 aromatic carbocycles. The number of hydrogen-bond donors (Lipinski definition) is 1. The average Bonchev–Trinajstić information content (AvgIpc) is 3.08. The van der Waals surface area contributed by atoms with Crippen LogP contribution in [0.2, 0.25) is 0 Å². The lowest BCUT2D eigenvalue weighted by Gasteiger charge is -2.25. The third-order valence-corrected chi connectivity index (χ3v) is 5.70. The molecule has 0 saturated heterocycles. The third kappa shape index (κ3) is 4.04. The van der Waals surface area contributed by atoms with Gasteiger partial charge in [0.15, 0.2) is 16.7 Å². The molecule has 0 aliphatic carbocycles. The van der Waals surface area contributed by atoms with Gasteiger partial charge < -0.3 is 14.5 Å². The van der Waals surface area contributed by atoms with Crippen molar-refractivity contribution in [2.45, 2.75) is 44.6 Å². The third-order valence-electron chi connectivity index (χ3n) is 4.65. The highest BCUT2D eigenvalue weighted by atomic mass is 32.2. The molecule has 1 aromatic heterocycles. The molecule has 2 heterocycles. The first-order chi connectivity index (χ1) is 12.5.